The summed E-state index contributed by atoms with van der Waals surface area (Å²) < 4.78 is 16.0. The van der Waals surface area contributed by atoms with Crippen LogP contribution in [0, 0.1) is 0 Å². The number of amides is 1. The molecule has 1 unspecified atom stereocenters. The maximum atomic E-state index is 12.7. The van der Waals surface area contributed by atoms with Gasteiger partial charge in [-0.2, -0.15) is 0 Å². The van der Waals surface area contributed by atoms with E-state index in [4.69, 9.17) is 14.2 Å². The molecule has 1 atom stereocenters. The first-order chi connectivity index (χ1) is 11.4. The average molecular weight is 336 g/mol. The minimum atomic E-state index is -0.517. The van der Waals surface area contributed by atoms with E-state index < -0.39 is 5.54 Å². The van der Waals surface area contributed by atoms with E-state index >= 15 is 0 Å². The van der Waals surface area contributed by atoms with Crippen LogP contribution in [0.25, 0.3) is 0 Å². The number of ether oxygens (including phenoxy) is 3. The number of rotatable bonds is 6. The highest BCUT2D eigenvalue weighted by Gasteiger charge is 2.29. The Morgan fingerprint density at radius 1 is 1.21 bits per heavy atom. The van der Waals surface area contributed by atoms with Gasteiger partial charge in [0.2, 0.25) is 5.91 Å². The third-order valence-electron chi connectivity index (χ3n) is 4.51. The fraction of sp³-hybridized carbons (Fsp3) is 0.611. The van der Waals surface area contributed by atoms with E-state index in [1.54, 1.807) is 14.2 Å². The minimum absolute atomic E-state index is 0.0108. The van der Waals surface area contributed by atoms with Crippen molar-refractivity contribution in [2.24, 2.45) is 0 Å². The predicted molar refractivity (Wildman–Crippen MR) is 92.6 cm³/mol. The van der Waals surface area contributed by atoms with Crippen molar-refractivity contribution in [3.8, 4) is 11.5 Å². The normalized spacial score (nSPS) is 17.2. The number of hydrogen-bond donors (Lipinski definition) is 1. The Hall–Kier alpha value is -1.79. The highest BCUT2D eigenvalue weighted by molar-refractivity contribution is 5.82. The molecule has 1 fully saturated rings. The third-order valence-corrected chi connectivity index (χ3v) is 4.51. The number of carbonyl (C=O) groups excluding carboxylic acids is 1. The second-order valence-corrected chi connectivity index (χ2v) is 6.51. The van der Waals surface area contributed by atoms with Crippen molar-refractivity contribution < 1.29 is 19.0 Å². The van der Waals surface area contributed by atoms with E-state index in [1.807, 2.05) is 39.0 Å². The Kier molecular flexibility index (Phi) is 6.07. The average Bonchev–Trinajstić information content (AvgIpc) is 2.60. The van der Waals surface area contributed by atoms with Crippen LogP contribution in [-0.2, 0) is 15.1 Å². The van der Waals surface area contributed by atoms with Crippen LogP contribution in [-0.4, -0.2) is 57.4 Å². The lowest BCUT2D eigenvalue weighted by molar-refractivity contribution is -0.129. The summed E-state index contributed by atoms with van der Waals surface area (Å²) in [4.78, 5) is 14.8. The van der Waals surface area contributed by atoms with Crippen LogP contribution in [0.15, 0.2) is 18.2 Å². The van der Waals surface area contributed by atoms with Gasteiger partial charge in [-0.25, -0.2) is 0 Å². The monoisotopic (exact) mass is 336 g/mol. The molecule has 0 bridgehead atoms. The molecule has 1 aromatic rings. The summed E-state index contributed by atoms with van der Waals surface area (Å²) in [7, 11) is 3.21. The molecule has 0 radical (unpaired) electrons. The van der Waals surface area contributed by atoms with Crippen molar-refractivity contribution in [2.75, 3.05) is 40.5 Å². The summed E-state index contributed by atoms with van der Waals surface area (Å²) in [5, 5.41) is 3.14. The van der Waals surface area contributed by atoms with Gasteiger partial charge in [0.05, 0.1) is 39.0 Å². The van der Waals surface area contributed by atoms with Crippen molar-refractivity contribution in [3.63, 3.8) is 0 Å². The maximum absolute atomic E-state index is 12.7. The first kappa shape index (κ1) is 18.5. The molecule has 1 N–H and O–H groups in total. The molecule has 24 heavy (non-hydrogen) atoms. The Bertz CT molecular complexity index is 568. The predicted octanol–water partition coefficient (Wildman–Crippen LogP) is 1.78. The van der Waals surface area contributed by atoms with Gasteiger partial charge < -0.3 is 19.5 Å². The Morgan fingerprint density at radius 3 is 2.42 bits per heavy atom. The van der Waals surface area contributed by atoms with Crippen LogP contribution >= 0.6 is 0 Å². The fourth-order valence-electron chi connectivity index (χ4n) is 2.84. The molecule has 1 amide bonds. The van der Waals surface area contributed by atoms with Gasteiger partial charge in [-0.15, -0.1) is 0 Å². The Labute approximate surface area is 144 Å². The smallest absolute Gasteiger partial charge is 0.237 e. The van der Waals surface area contributed by atoms with E-state index in [-0.39, 0.29) is 11.9 Å². The van der Waals surface area contributed by atoms with Crippen LogP contribution in [0.2, 0.25) is 0 Å². The van der Waals surface area contributed by atoms with Gasteiger partial charge in [0.1, 0.15) is 0 Å². The van der Waals surface area contributed by atoms with E-state index in [0.29, 0.717) is 24.7 Å². The van der Waals surface area contributed by atoms with Crippen molar-refractivity contribution in [1.82, 2.24) is 10.2 Å². The molecule has 0 spiro atoms. The van der Waals surface area contributed by atoms with Gasteiger partial charge in [0, 0.05) is 13.1 Å². The Balaban J connectivity index is 2.10. The van der Waals surface area contributed by atoms with Gasteiger partial charge >= 0.3 is 0 Å². The minimum Gasteiger partial charge on any atom is -0.493 e. The highest BCUT2D eigenvalue weighted by atomic mass is 16.5. The summed E-state index contributed by atoms with van der Waals surface area (Å²) in [6.07, 6.45) is 0. The maximum Gasteiger partial charge on any atom is 0.237 e. The van der Waals surface area contributed by atoms with Crippen molar-refractivity contribution in [2.45, 2.75) is 32.4 Å². The molecule has 0 saturated carbocycles. The van der Waals surface area contributed by atoms with E-state index in [0.717, 1.165) is 18.7 Å². The summed E-state index contributed by atoms with van der Waals surface area (Å²) in [5.41, 5.74) is 0.444. The highest BCUT2D eigenvalue weighted by Crippen LogP contribution is 2.32. The van der Waals surface area contributed by atoms with Crippen LogP contribution in [0.5, 0.6) is 11.5 Å². The fourth-order valence-corrected chi connectivity index (χ4v) is 2.84. The van der Waals surface area contributed by atoms with Crippen molar-refractivity contribution in [3.05, 3.63) is 23.8 Å². The molecule has 0 aromatic heterocycles. The van der Waals surface area contributed by atoms with Gasteiger partial charge in [0.25, 0.3) is 0 Å². The lowest BCUT2D eigenvalue weighted by Crippen LogP contribution is -2.53. The Morgan fingerprint density at radius 2 is 1.83 bits per heavy atom. The number of methoxy groups -OCH3 is 2. The summed E-state index contributed by atoms with van der Waals surface area (Å²) in [6, 6.07) is 5.51. The van der Waals surface area contributed by atoms with Crippen LogP contribution in [0.4, 0.5) is 0 Å². The second-order valence-electron chi connectivity index (χ2n) is 6.51. The first-order valence-corrected chi connectivity index (χ1v) is 8.25. The molecular formula is C18H28N2O4. The number of hydrogen-bond acceptors (Lipinski definition) is 5. The zero-order valence-electron chi connectivity index (χ0n) is 15.2. The zero-order valence-corrected chi connectivity index (χ0v) is 15.2. The van der Waals surface area contributed by atoms with Gasteiger partial charge in [0.15, 0.2) is 11.5 Å². The summed E-state index contributed by atoms with van der Waals surface area (Å²) >= 11 is 0. The van der Waals surface area contributed by atoms with E-state index in [9.17, 15) is 4.79 Å². The standard InChI is InChI=1S/C18H28N2O4/c1-13(20-8-10-24-11-9-20)17(21)19-18(2,3)14-6-7-15(22-4)16(12-14)23-5/h6-7,12-13H,8-11H2,1-5H3,(H,19,21). The second kappa shape index (κ2) is 7.85. The molecule has 1 heterocycles. The largest absolute Gasteiger partial charge is 0.493 e. The molecule has 6 heteroatoms. The quantitative estimate of drug-likeness (QED) is 0.858. The zero-order chi connectivity index (χ0) is 17.7. The number of benzene rings is 1. The molecule has 1 aromatic carbocycles. The molecular weight excluding hydrogens is 308 g/mol. The van der Waals surface area contributed by atoms with Crippen LogP contribution in [0.3, 0.4) is 0 Å². The third kappa shape index (κ3) is 4.19. The van der Waals surface area contributed by atoms with Crippen molar-refractivity contribution >= 4 is 5.91 Å². The number of nitrogens with one attached hydrogen (secondary N) is 1. The summed E-state index contributed by atoms with van der Waals surface area (Å²) in [6.45, 7) is 8.83. The van der Waals surface area contributed by atoms with Gasteiger partial charge in [-0.3, -0.25) is 9.69 Å². The molecule has 1 saturated heterocycles. The molecule has 134 valence electrons. The lowest BCUT2D eigenvalue weighted by atomic mass is 9.93. The molecule has 0 aliphatic carbocycles. The number of nitrogens with zero attached hydrogens (tertiary/aromatic N) is 1. The van der Waals surface area contributed by atoms with Gasteiger partial charge in [-0.1, -0.05) is 6.07 Å². The lowest BCUT2D eigenvalue weighted by Gasteiger charge is -2.34. The van der Waals surface area contributed by atoms with E-state index in [1.165, 1.54) is 0 Å². The molecule has 1 aliphatic rings. The van der Waals surface area contributed by atoms with Crippen molar-refractivity contribution in [1.29, 1.82) is 0 Å². The number of morpholine rings is 1. The first-order valence-electron chi connectivity index (χ1n) is 8.25. The molecule has 1 aliphatic heterocycles. The van der Waals surface area contributed by atoms with Crippen LogP contribution < -0.4 is 14.8 Å². The topological polar surface area (TPSA) is 60.0 Å². The van der Waals surface area contributed by atoms with Crippen LogP contribution in [0.1, 0.15) is 26.3 Å². The molecule has 2 rings (SSSR count). The number of carbonyl (C=O) groups is 1. The SMILES string of the molecule is COc1ccc(C(C)(C)NC(=O)C(C)N2CCOCC2)cc1OC. The summed E-state index contributed by atoms with van der Waals surface area (Å²) in [5.74, 6) is 1.33. The molecule has 6 nitrogen and oxygen atoms in total. The van der Waals surface area contributed by atoms with E-state index in [2.05, 4.69) is 10.2 Å². The van der Waals surface area contributed by atoms with Gasteiger partial charge in [-0.05, 0) is 38.5 Å².